The molecule has 0 atom stereocenters. The highest BCUT2D eigenvalue weighted by atomic mass is 16.5. The molecule has 1 aliphatic rings. The lowest BCUT2D eigenvalue weighted by atomic mass is 10.1. The molecule has 0 radical (unpaired) electrons. The van der Waals surface area contributed by atoms with Crippen LogP contribution >= 0.6 is 0 Å². The van der Waals surface area contributed by atoms with E-state index in [0.29, 0.717) is 0 Å². The minimum Gasteiger partial charge on any atom is -0.378 e. The first-order valence-electron chi connectivity index (χ1n) is 5.41. The molecular weight excluding hydrogens is 186 g/mol. The predicted octanol–water partition coefficient (Wildman–Crippen LogP) is 2.30. The first-order valence-corrected chi connectivity index (χ1v) is 5.41. The number of benzene rings is 1. The number of nitrogens with zero attached hydrogens (tertiary/aromatic N) is 1. The zero-order valence-corrected chi connectivity index (χ0v) is 9.15. The van der Waals surface area contributed by atoms with E-state index in [1.165, 1.54) is 11.1 Å². The lowest BCUT2D eigenvalue weighted by molar-refractivity contribution is 0.0597. The summed E-state index contributed by atoms with van der Waals surface area (Å²) in [6.07, 6.45) is 4.32. The number of aryl methyl sites for hydroxylation is 1. The van der Waals surface area contributed by atoms with Crippen LogP contribution in [0.5, 0.6) is 0 Å². The van der Waals surface area contributed by atoms with Crippen LogP contribution in [-0.4, -0.2) is 31.2 Å². The Balaban J connectivity index is 1.95. The van der Waals surface area contributed by atoms with Gasteiger partial charge in [-0.2, -0.15) is 0 Å². The van der Waals surface area contributed by atoms with Gasteiger partial charge in [0.2, 0.25) is 0 Å². The van der Waals surface area contributed by atoms with Crippen molar-refractivity contribution in [3.05, 3.63) is 41.6 Å². The summed E-state index contributed by atoms with van der Waals surface area (Å²) >= 11 is 0. The smallest absolute Gasteiger partial charge is 0.0642 e. The Morgan fingerprint density at radius 1 is 1.13 bits per heavy atom. The van der Waals surface area contributed by atoms with E-state index in [-0.39, 0.29) is 0 Å². The molecule has 0 N–H and O–H groups in total. The van der Waals surface area contributed by atoms with Crippen molar-refractivity contribution >= 4 is 6.08 Å². The molecule has 0 spiro atoms. The van der Waals surface area contributed by atoms with Crippen LogP contribution in [0.15, 0.2) is 30.5 Å². The Morgan fingerprint density at radius 2 is 1.80 bits per heavy atom. The SMILES string of the molecule is Cc1ccc(/C=C/N2CCOCC2)cc1. The summed E-state index contributed by atoms with van der Waals surface area (Å²) in [6.45, 7) is 5.80. The third-order valence-electron chi connectivity index (χ3n) is 2.60. The maximum absolute atomic E-state index is 5.29. The van der Waals surface area contributed by atoms with E-state index in [1.54, 1.807) is 0 Å². The van der Waals surface area contributed by atoms with Gasteiger partial charge in [0.15, 0.2) is 0 Å². The van der Waals surface area contributed by atoms with Crippen LogP contribution in [0, 0.1) is 6.92 Å². The van der Waals surface area contributed by atoms with E-state index in [2.05, 4.69) is 48.4 Å². The van der Waals surface area contributed by atoms with Gasteiger partial charge in [0.05, 0.1) is 13.2 Å². The van der Waals surface area contributed by atoms with Crippen molar-refractivity contribution < 1.29 is 4.74 Å². The molecule has 0 aromatic heterocycles. The predicted molar refractivity (Wildman–Crippen MR) is 62.6 cm³/mol. The van der Waals surface area contributed by atoms with Crippen molar-refractivity contribution in [1.82, 2.24) is 4.90 Å². The summed E-state index contributed by atoms with van der Waals surface area (Å²) in [5.41, 5.74) is 2.56. The van der Waals surface area contributed by atoms with Gasteiger partial charge in [-0.3, -0.25) is 0 Å². The molecule has 1 saturated heterocycles. The van der Waals surface area contributed by atoms with Gasteiger partial charge >= 0.3 is 0 Å². The van der Waals surface area contributed by atoms with Gasteiger partial charge in [0.25, 0.3) is 0 Å². The molecule has 1 aliphatic heterocycles. The minimum absolute atomic E-state index is 0.845. The van der Waals surface area contributed by atoms with E-state index in [0.717, 1.165) is 26.3 Å². The number of rotatable bonds is 2. The number of ether oxygens (including phenoxy) is 1. The monoisotopic (exact) mass is 203 g/mol. The van der Waals surface area contributed by atoms with E-state index in [4.69, 9.17) is 4.74 Å². The Kier molecular flexibility index (Phi) is 3.41. The maximum atomic E-state index is 5.29. The van der Waals surface area contributed by atoms with Crippen molar-refractivity contribution in [3.8, 4) is 0 Å². The molecule has 0 amide bonds. The van der Waals surface area contributed by atoms with E-state index in [1.807, 2.05) is 0 Å². The fourth-order valence-corrected chi connectivity index (χ4v) is 1.60. The molecular formula is C13H17NO. The van der Waals surface area contributed by atoms with Gasteiger partial charge in [0, 0.05) is 13.1 Å². The van der Waals surface area contributed by atoms with Crippen LogP contribution in [0.25, 0.3) is 6.08 Å². The van der Waals surface area contributed by atoms with E-state index >= 15 is 0 Å². The molecule has 0 bridgehead atoms. The first-order chi connectivity index (χ1) is 7.34. The Hall–Kier alpha value is -1.28. The zero-order valence-electron chi connectivity index (χ0n) is 9.15. The van der Waals surface area contributed by atoms with Crippen molar-refractivity contribution in [2.75, 3.05) is 26.3 Å². The van der Waals surface area contributed by atoms with Crippen molar-refractivity contribution in [2.45, 2.75) is 6.92 Å². The summed E-state index contributed by atoms with van der Waals surface area (Å²) < 4.78 is 5.29. The molecule has 1 aromatic rings. The lowest BCUT2D eigenvalue weighted by Crippen LogP contribution is -2.31. The Bertz CT molecular complexity index is 323. The van der Waals surface area contributed by atoms with Crippen LogP contribution in [-0.2, 0) is 4.74 Å². The standard InChI is InChI=1S/C13H17NO/c1-12-2-4-13(5-3-12)6-7-14-8-10-15-11-9-14/h2-7H,8-11H2,1H3/b7-6+. The van der Waals surface area contributed by atoms with Crippen LogP contribution < -0.4 is 0 Å². The van der Waals surface area contributed by atoms with Gasteiger partial charge in [-0.05, 0) is 24.8 Å². The molecule has 2 nitrogen and oxygen atoms in total. The summed E-state index contributed by atoms with van der Waals surface area (Å²) in [4.78, 5) is 2.29. The first kappa shape index (κ1) is 10.2. The second-order valence-corrected chi connectivity index (χ2v) is 3.87. The summed E-state index contributed by atoms with van der Waals surface area (Å²) in [6, 6.07) is 8.57. The molecule has 2 heteroatoms. The quantitative estimate of drug-likeness (QED) is 0.731. The molecule has 0 unspecified atom stereocenters. The highest BCUT2D eigenvalue weighted by molar-refractivity contribution is 5.49. The average Bonchev–Trinajstić information content (AvgIpc) is 2.30. The number of morpholine rings is 1. The summed E-state index contributed by atoms with van der Waals surface area (Å²) in [5.74, 6) is 0. The largest absolute Gasteiger partial charge is 0.378 e. The highest BCUT2D eigenvalue weighted by Gasteiger charge is 2.04. The van der Waals surface area contributed by atoms with Crippen LogP contribution in [0.4, 0.5) is 0 Å². The van der Waals surface area contributed by atoms with Crippen molar-refractivity contribution in [3.63, 3.8) is 0 Å². The van der Waals surface area contributed by atoms with Gasteiger partial charge in [-0.1, -0.05) is 29.8 Å². The minimum atomic E-state index is 0.845. The van der Waals surface area contributed by atoms with Gasteiger partial charge in [-0.25, -0.2) is 0 Å². The number of hydrogen-bond acceptors (Lipinski definition) is 2. The fourth-order valence-electron chi connectivity index (χ4n) is 1.60. The third-order valence-corrected chi connectivity index (χ3v) is 2.60. The Morgan fingerprint density at radius 3 is 2.47 bits per heavy atom. The Labute approximate surface area is 91.2 Å². The molecule has 80 valence electrons. The van der Waals surface area contributed by atoms with Crippen molar-refractivity contribution in [2.24, 2.45) is 0 Å². The van der Waals surface area contributed by atoms with Gasteiger partial charge in [-0.15, -0.1) is 0 Å². The normalized spacial score (nSPS) is 17.3. The van der Waals surface area contributed by atoms with E-state index in [9.17, 15) is 0 Å². The van der Waals surface area contributed by atoms with E-state index < -0.39 is 0 Å². The number of hydrogen-bond donors (Lipinski definition) is 0. The van der Waals surface area contributed by atoms with Crippen LogP contribution in [0.1, 0.15) is 11.1 Å². The second kappa shape index (κ2) is 4.99. The van der Waals surface area contributed by atoms with Crippen molar-refractivity contribution in [1.29, 1.82) is 0 Å². The molecule has 2 rings (SSSR count). The summed E-state index contributed by atoms with van der Waals surface area (Å²) in [7, 11) is 0. The van der Waals surface area contributed by atoms with Crippen LogP contribution in [0.3, 0.4) is 0 Å². The topological polar surface area (TPSA) is 12.5 Å². The van der Waals surface area contributed by atoms with Gasteiger partial charge < -0.3 is 9.64 Å². The third kappa shape index (κ3) is 3.10. The summed E-state index contributed by atoms with van der Waals surface area (Å²) in [5, 5.41) is 0. The molecule has 15 heavy (non-hydrogen) atoms. The maximum Gasteiger partial charge on any atom is 0.0642 e. The molecule has 1 heterocycles. The zero-order chi connectivity index (χ0) is 10.5. The molecule has 1 fully saturated rings. The molecule has 0 saturated carbocycles. The van der Waals surface area contributed by atoms with Gasteiger partial charge in [0.1, 0.15) is 0 Å². The fraction of sp³-hybridized carbons (Fsp3) is 0.385. The molecule has 1 aromatic carbocycles. The second-order valence-electron chi connectivity index (χ2n) is 3.87. The lowest BCUT2D eigenvalue weighted by Gasteiger charge is -2.24. The van der Waals surface area contributed by atoms with Crippen LogP contribution in [0.2, 0.25) is 0 Å². The molecule has 0 aliphatic carbocycles. The average molecular weight is 203 g/mol. The highest BCUT2D eigenvalue weighted by Crippen LogP contribution is 2.06.